The Balaban J connectivity index is 1.40. The molecule has 226 valence electrons. The van der Waals surface area contributed by atoms with Gasteiger partial charge in [-0.05, 0) is 85.4 Å². The van der Waals surface area contributed by atoms with Gasteiger partial charge in [0.15, 0.2) is 0 Å². The first-order valence-electron chi connectivity index (χ1n) is 14.3. The predicted octanol–water partition coefficient (Wildman–Crippen LogP) is 4.53. The zero-order valence-electron chi connectivity index (χ0n) is 24.8. The first-order chi connectivity index (χ1) is 19.9. The summed E-state index contributed by atoms with van der Waals surface area (Å²) in [6.45, 7) is 4.41. The van der Waals surface area contributed by atoms with Crippen LogP contribution in [0, 0.1) is 5.92 Å². The number of nitrogens with one attached hydrogen (secondary N) is 1. The van der Waals surface area contributed by atoms with Gasteiger partial charge in [-0.15, -0.1) is 0 Å². The van der Waals surface area contributed by atoms with Crippen molar-refractivity contribution in [2.24, 2.45) is 5.92 Å². The van der Waals surface area contributed by atoms with Gasteiger partial charge in [0.1, 0.15) is 10.6 Å². The van der Waals surface area contributed by atoms with Crippen molar-refractivity contribution in [1.82, 2.24) is 9.62 Å². The van der Waals surface area contributed by atoms with Crippen LogP contribution in [0.2, 0.25) is 0 Å². The second kappa shape index (κ2) is 13.4. The second-order valence-corrected chi connectivity index (χ2v) is 13.9. The Bertz CT molecular complexity index is 1480. The maximum atomic E-state index is 13.7. The van der Waals surface area contributed by atoms with Crippen molar-refractivity contribution < 1.29 is 28.2 Å². The number of carboxylic acid groups (broad SMARTS) is 1. The summed E-state index contributed by atoms with van der Waals surface area (Å²) in [6, 6.07) is 20.9. The molecule has 3 aromatic carbocycles. The van der Waals surface area contributed by atoms with Crippen molar-refractivity contribution in [3.05, 3.63) is 83.4 Å². The number of carboxylic acids is 1. The maximum absolute atomic E-state index is 13.7. The van der Waals surface area contributed by atoms with E-state index in [-0.39, 0.29) is 35.7 Å². The SMILES string of the molecule is COc1ccc(-c2cccc(CCC(=O)O)c2)cc1S(=O)(=O)N(C)C[C@H](O)CNC(C)(C)CC1Cc2ccccc2C1. The number of fused-ring (bicyclic) bond motifs is 1. The largest absolute Gasteiger partial charge is 0.495 e. The zero-order chi connectivity index (χ0) is 30.5. The fourth-order valence-electron chi connectivity index (χ4n) is 5.83. The number of benzene rings is 3. The van der Waals surface area contributed by atoms with E-state index in [4.69, 9.17) is 9.84 Å². The third kappa shape index (κ3) is 7.98. The third-order valence-electron chi connectivity index (χ3n) is 7.96. The van der Waals surface area contributed by atoms with Gasteiger partial charge in [-0.3, -0.25) is 4.79 Å². The molecular formula is C33H42N2O6S. The van der Waals surface area contributed by atoms with E-state index in [0.29, 0.717) is 17.9 Å². The summed E-state index contributed by atoms with van der Waals surface area (Å²) in [6.07, 6.45) is 2.54. The number of aryl methyl sites for hydroxylation is 1. The molecule has 1 aliphatic carbocycles. The van der Waals surface area contributed by atoms with Gasteiger partial charge in [-0.1, -0.05) is 54.6 Å². The molecule has 0 saturated carbocycles. The number of ether oxygens (including phenoxy) is 1. The molecule has 0 fully saturated rings. The molecule has 3 N–H and O–H groups in total. The van der Waals surface area contributed by atoms with Gasteiger partial charge in [0.05, 0.1) is 13.2 Å². The van der Waals surface area contributed by atoms with Crippen LogP contribution in [-0.2, 0) is 34.1 Å². The number of likely N-dealkylation sites (N-methyl/N-ethyl adjacent to an activating group) is 1. The first kappa shape index (κ1) is 31.7. The highest BCUT2D eigenvalue weighted by Gasteiger charge is 2.30. The Kier molecular flexibility index (Phi) is 10.1. The average Bonchev–Trinajstić information content (AvgIpc) is 3.36. The Labute approximate surface area is 249 Å². The lowest BCUT2D eigenvalue weighted by Crippen LogP contribution is -2.47. The van der Waals surface area contributed by atoms with Gasteiger partial charge in [0.25, 0.3) is 0 Å². The number of hydrogen-bond acceptors (Lipinski definition) is 6. The van der Waals surface area contributed by atoms with E-state index in [1.807, 2.05) is 24.3 Å². The lowest BCUT2D eigenvalue weighted by Gasteiger charge is -2.31. The summed E-state index contributed by atoms with van der Waals surface area (Å²) in [5, 5.41) is 23.3. The highest BCUT2D eigenvalue weighted by Crippen LogP contribution is 2.33. The number of methoxy groups -OCH3 is 1. The summed E-state index contributed by atoms with van der Waals surface area (Å²) < 4.78 is 33.9. The Hall–Kier alpha value is -3.24. The van der Waals surface area contributed by atoms with Crippen LogP contribution in [0.3, 0.4) is 0 Å². The minimum absolute atomic E-state index is 0.00206. The average molecular weight is 595 g/mol. The van der Waals surface area contributed by atoms with Crippen LogP contribution in [0.4, 0.5) is 0 Å². The highest BCUT2D eigenvalue weighted by molar-refractivity contribution is 7.89. The van der Waals surface area contributed by atoms with Crippen LogP contribution in [0.15, 0.2) is 71.6 Å². The zero-order valence-corrected chi connectivity index (χ0v) is 25.7. The van der Waals surface area contributed by atoms with Gasteiger partial charge < -0.3 is 20.3 Å². The third-order valence-corrected chi connectivity index (χ3v) is 9.80. The minimum atomic E-state index is -4.00. The van der Waals surface area contributed by atoms with Crippen molar-refractivity contribution >= 4 is 16.0 Å². The number of aliphatic carboxylic acids is 1. The summed E-state index contributed by atoms with van der Waals surface area (Å²) in [7, 11) is -1.12. The molecule has 0 unspecified atom stereocenters. The van der Waals surface area contributed by atoms with Crippen molar-refractivity contribution in [2.45, 2.75) is 62.5 Å². The Morgan fingerprint density at radius 1 is 1.05 bits per heavy atom. The predicted molar refractivity (Wildman–Crippen MR) is 164 cm³/mol. The Morgan fingerprint density at radius 2 is 1.71 bits per heavy atom. The van der Waals surface area contributed by atoms with Gasteiger partial charge in [-0.25, -0.2) is 8.42 Å². The lowest BCUT2D eigenvalue weighted by atomic mass is 9.88. The fraction of sp³-hybridized carbons (Fsp3) is 0.424. The topological polar surface area (TPSA) is 116 Å². The van der Waals surface area contributed by atoms with E-state index in [9.17, 15) is 18.3 Å². The number of β-amino-alcohol motifs (C(OH)–C–C–N with tert-alkyl or cyclic N) is 1. The Morgan fingerprint density at radius 3 is 2.36 bits per heavy atom. The quantitative estimate of drug-likeness (QED) is 0.251. The number of carbonyl (C=O) groups is 1. The van der Waals surface area contributed by atoms with E-state index in [0.717, 1.165) is 34.7 Å². The molecule has 1 atom stereocenters. The molecule has 0 bridgehead atoms. The fourth-order valence-corrected chi connectivity index (χ4v) is 7.21. The minimum Gasteiger partial charge on any atom is -0.495 e. The molecule has 0 aromatic heterocycles. The van der Waals surface area contributed by atoms with Gasteiger partial charge >= 0.3 is 5.97 Å². The molecule has 4 rings (SSSR count). The van der Waals surface area contributed by atoms with Crippen LogP contribution in [0.1, 0.15) is 43.4 Å². The monoisotopic (exact) mass is 594 g/mol. The van der Waals surface area contributed by atoms with Crippen LogP contribution >= 0.6 is 0 Å². The molecular weight excluding hydrogens is 552 g/mol. The summed E-state index contributed by atoms with van der Waals surface area (Å²) in [5.41, 5.74) is 4.89. The second-order valence-electron chi connectivity index (χ2n) is 11.9. The summed E-state index contributed by atoms with van der Waals surface area (Å²) in [5.74, 6) is -0.136. The molecule has 0 spiro atoms. The van der Waals surface area contributed by atoms with E-state index < -0.39 is 22.1 Å². The van der Waals surface area contributed by atoms with Crippen LogP contribution < -0.4 is 10.1 Å². The van der Waals surface area contributed by atoms with Crippen molar-refractivity contribution in [1.29, 1.82) is 0 Å². The smallest absolute Gasteiger partial charge is 0.303 e. The van der Waals surface area contributed by atoms with E-state index in [1.165, 1.54) is 25.3 Å². The molecule has 42 heavy (non-hydrogen) atoms. The summed E-state index contributed by atoms with van der Waals surface area (Å²) >= 11 is 0. The molecule has 8 nitrogen and oxygen atoms in total. The number of nitrogens with zero attached hydrogens (tertiary/aromatic N) is 1. The van der Waals surface area contributed by atoms with Crippen molar-refractivity contribution in [3.8, 4) is 16.9 Å². The molecule has 0 saturated heterocycles. The maximum Gasteiger partial charge on any atom is 0.303 e. The van der Waals surface area contributed by atoms with Gasteiger partial charge in [0, 0.05) is 32.1 Å². The molecule has 0 heterocycles. The number of rotatable bonds is 14. The van der Waals surface area contributed by atoms with Crippen molar-refractivity contribution in [3.63, 3.8) is 0 Å². The van der Waals surface area contributed by atoms with E-state index in [2.05, 4.69) is 43.4 Å². The molecule has 9 heteroatoms. The summed E-state index contributed by atoms with van der Waals surface area (Å²) in [4.78, 5) is 11.0. The molecule has 0 aliphatic heterocycles. The van der Waals surface area contributed by atoms with Gasteiger partial charge in [0.2, 0.25) is 10.0 Å². The van der Waals surface area contributed by atoms with Crippen LogP contribution in [-0.4, -0.2) is 67.8 Å². The number of sulfonamides is 1. The van der Waals surface area contributed by atoms with Crippen LogP contribution in [0.25, 0.3) is 11.1 Å². The molecule has 0 amide bonds. The van der Waals surface area contributed by atoms with E-state index >= 15 is 0 Å². The standard InChI is InChI=1S/C33H42N2O6S/c1-33(2,20-24-17-25-9-5-6-10-26(25)18-24)34-21-29(36)22-35(3)42(39,40)31-19-28(13-14-30(31)41-4)27-11-7-8-23(16-27)12-15-32(37)38/h5-11,13-14,16,19,24,29,34,36H,12,15,17-18,20-22H2,1-4H3,(H,37,38)/t29-/m1/s1. The van der Waals surface area contributed by atoms with Crippen molar-refractivity contribution in [2.75, 3.05) is 27.2 Å². The number of hydrogen-bond donors (Lipinski definition) is 3. The first-order valence-corrected chi connectivity index (χ1v) is 15.8. The molecule has 1 aliphatic rings. The number of aliphatic hydroxyl groups is 1. The molecule has 0 radical (unpaired) electrons. The van der Waals surface area contributed by atoms with Gasteiger partial charge in [-0.2, -0.15) is 4.31 Å². The van der Waals surface area contributed by atoms with Crippen LogP contribution in [0.5, 0.6) is 5.75 Å². The lowest BCUT2D eigenvalue weighted by molar-refractivity contribution is -0.136. The van der Waals surface area contributed by atoms with E-state index in [1.54, 1.807) is 18.2 Å². The number of aliphatic hydroxyl groups excluding tert-OH is 1. The highest BCUT2D eigenvalue weighted by atomic mass is 32.2. The normalized spacial score (nSPS) is 14.6. The molecule has 3 aromatic rings.